The van der Waals surface area contributed by atoms with Gasteiger partial charge in [0.25, 0.3) is 0 Å². The summed E-state index contributed by atoms with van der Waals surface area (Å²) in [7, 11) is 0. The molecule has 6 heterocycles. The van der Waals surface area contributed by atoms with Crippen LogP contribution in [0.25, 0.3) is 193 Å². The molecule has 0 fully saturated rings. The number of aromatic nitrogens is 4. The number of fused-ring (bicyclic) bond motifs is 12. The third-order valence-electron chi connectivity index (χ3n) is 19.5. The molecule has 0 radical (unpaired) electrons. The maximum Gasteiger partial charge on any atom is 0.160 e. The number of hydrogen-bond acceptors (Lipinski definition) is 10. The molecule has 20 aromatic rings. The van der Waals surface area contributed by atoms with Gasteiger partial charge in [-0.1, -0.05) is 218 Å². The van der Waals surface area contributed by atoms with Gasteiger partial charge in [0.05, 0.1) is 46.0 Å². The van der Waals surface area contributed by atoms with Gasteiger partial charge in [-0.05, 0) is 154 Å². The van der Waals surface area contributed by atoms with Gasteiger partial charge in [0, 0.05) is 114 Å². The second-order valence-electron chi connectivity index (χ2n) is 25.7. The Morgan fingerprint density at radius 1 is 0.202 bits per heavy atom. The first-order valence-electron chi connectivity index (χ1n) is 34.2. The minimum absolute atomic E-state index is 0.577. The molecule has 6 aromatic heterocycles. The molecule has 0 aliphatic rings. The molecule has 0 saturated carbocycles. The molecule has 0 bridgehead atoms. The average molecular weight is 1400 g/mol. The predicted octanol–water partition coefficient (Wildman–Crippen LogP) is 26.8. The van der Waals surface area contributed by atoms with Crippen LogP contribution in [0, 0.1) is 22.7 Å². The van der Waals surface area contributed by atoms with E-state index in [2.05, 4.69) is 243 Å². The summed E-state index contributed by atoms with van der Waals surface area (Å²) in [5, 5.41) is 30.2. The van der Waals surface area contributed by atoms with E-state index in [-0.39, 0.29) is 0 Å². The lowest BCUT2D eigenvalue weighted by molar-refractivity contribution is 1.18. The number of nitrogens with zero attached hydrogens (tertiary/aromatic N) is 6. The van der Waals surface area contributed by atoms with Crippen LogP contribution in [0.5, 0.6) is 0 Å². The average Bonchev–Trinajstić information content (AvgIpc) is 1.51. The number of nitriles is 2. The Labute approximate surface area is 614 Å². The van der Waals surface area contributed by atoms with Crippen molar-refractivity contribution in [1.82, 2.24) is 19.9 Å². The highest BCUT2D eigenvalue weighted by molar-refractivity contribution is 7.27. The summed E-state index contributed by atoms with van der Waals surface area (Å²) < 4.78 is 10.2. The predicted molar refractivity (Wildman–Crippen MR) is 439 cm³/mol. The van der Waals surface area contributed by atoms with Crippen molar-refractivity contribution in [2.45, 2.75) is 0 Å². The molecule has 0 saturated heterocycles. The van der Waals surface area contributed by atoms with Gasteiger partial charge < -0.3 is 0 Å². The van der Waals surface area contributed by atoms with Crippen molar-refractivity contribution in [1.29, 1.82) is 10.5 Å². The van der Waals surface area contributed by atoms with Crippen molar-refractivity contribution < 1.29 is 0 Å². The van der Waals surface area contributed by atoms with Crippen LogP contribution < -0.4 is 0 Å². The van der Waals surface area contributed by atoms with Gasteiger partial charge in [-0.3, -0.25) is 0 Å². The molecule has 104 heavy (non-hydrogen) atoms. The summed E-state index contributed by atoms with van der Waals surface area (Å²) in [6.45, 7) is 0. The van der Waals surface area contributed by atoms with Crippen LogP contribution in [0.1, 0.15) is 11.1 Å². The van der Waals surface area contributed by atoms with Gasteiger partial charge in [0.2, 0.25) is 0 Å². The number of rotatable bonds is 10. The van der Waals surface area contributed by atoms with E-state index in [0.717, 1.165) is 78.1 Å². The van der Waals surface area contributed by atoms with Crippen molar-refractivity contribution in [2.24, 2.45) is 0 Å². The first-order valence-corrected chi connectivity index (χ1v) is 37.5. The molecule has 0 aliphatic carbocycles. The molecule has 10 heteroatoms. The Balaban J connectivity index is 0.000000143. The van der Waals surface area contributed by atoms with Gasteiger partial charge in [-0.15, -0.1) is 45.3 Å². The van der Waals surface area contributed by atoms with Crippen LogP contribution in [0.2, 0.25) is 0 Å². The lowest BCUT2D eigenvalue weighted by Gasteiger charge is -2.14. The minimum atomic E-state index is 0.577. The maximum atomic E-state index is 10.1. The Morgan fingerprint density at radius 2 is 0.519 bits per heavy atom. The molecule has 0 spiro atoms. The SMILES string of the molecule is N#Cc1ccccc1-c1cc(-c2ccccc2)nc(-c2cc(-c3ccc4sc5ccccc5c4c3)cc(-c3ccc4sc5ccccc5c4c3)c2)n1.N#Cc1ccccc1-c1cc(-c2ccccc2)nc(-c2cc(-c3cccc4c3sc3ccccc34)cc(-c3cccc4c3sc3ccccc34)c2)n1. The first-order chi connectivity index (χ1) is 51.4. The summed E-state index contributed by atoms with van der Waals surface area (Å²) in [5.74, 6) is 1.22. The van der Waals surface area contributed by atoms with Crippen LogP contribution >= 0.6 is 45.3 Å². The molecular weight excluding hydrogens is 1340 g/mol. The molecule has 0 amide bonds. The molecule has 0 N–H and O–H groups in total. The smallest absolute Gasteiger partial charge is 0.160 e. The molecule has 14 aromatic carbocycles. The Kier molecular flexibility index (Phi) is 15.7. The monoisotopic (exact) mass is 1390 g/mol. The van der Waals surface area contributed by atoms with Crippen molar-refractivity contribution in [3.05, 3.63) is 339 Å². The molecule has 6 nitrogen and oxygen atoms in total. The van der Waals surface area contributed by atoms with E-state index >= 15 is 0 Å². The zero-order chi connectivity index (χ0) is 69.2. The van der Waals surface area contributed by atoms with E-state index in [0.29, 0.717) is 34.2 Å². The fraction of sp³-hybridized carbons (Fsp3) is 0. The molecule has 20 rings (SSSR count). The van der Waals surface area contributed by atoms with Crippen LogP contribution in [0.3, 0.4) is 0 Å². The molecule has 484 valence electrons. The third kappa shape index (κ3) is 11.3. The van der Waals surface area contributed by atoms with Gasteiger partial charge in [-0.2, -0.15) is 10.5 Å². The summed E-state index contributed by atoms with van der Waals surface area (Å²) in [4.78, 5) is 20.8. The largest absolute Gasteiger partial charge is 0.228 e. The third-order valence-corrected chi connectivity index (χ3v) is 24.2. The number of thiophene rings is 4. The quantitative estimate of drug-likeness (QED) is 0.135. The van der Waals surface area contributed by atoms with E-state index in [9.17, 15) is 10.5 Å². The lowest BCUT2D eigenvalue weighted by Crippen LogP contribution is -1.98. The summed E-state index contributed by atoms with van der Waals surface area (Å²) >= 11 is 7.33. The van der Waals surface area contributed by atoms with Gasteiger partial charge in [0.1, 0.15) is 0 Å². The number of benzene rings is 14. The van der Waals surface area contributed by atoms with Crippen molar-refractivity contribution in [2.75, 3.05) is 0 Å². The topological polar surface area (TPSA) is 99.1 Å². The van der Waals surface area contributed by atoms with E-state index in [1.807, 2.05) is 142 Å². The maximum absolute atomic E-state index is 10.1. The van der Waals surface area contributed by atoms with Gasteiger partial charge in [0.15, 0.2) is 11.6 Å². The zero-order valence-corrected chi connectivity index (χ0v) is 58.8. The Bertz CT molecular complexity index is 6650. The van der Waals surface area contributed by atoms with Gasteiger partial charge in [-0.25, -0.2) is 19.9 Å². The lowest BCUT2D eigenvalue weighted by atomic mass is 9.94. The standard InChI is InChI=1S/2C47H27N3S2/c48-28-30-14-4-5-15-34(30)42-27-41(29-12-2-1-3-13-29)49-47(50-42)33-25-31(35-18-10-20-39-37-16-6-8-22-43(37)51-45(35)39)24-32(26-33)36-19-11-21-40-38-17-7-9-23-44(38)52-46(36)40;48-28-32-12-4-5-13-36(32)42-27-41(29-10-2-1-3-11-29)49-47(50-42)35-23-33(30-18-20-45-39(25-30)37-14-6-8-16-43(37)51-45)22-34(24-35)31-19-21-46-40(26-31)38-15-7-9-17-44(38)52-46/h2*1-27H. The fourth-order valence-corrected chi connectivity index (χ4v) is 19.1. The molecule has 0 aliphatic heterocycles. The summed E-state index contributed by atoms with van der Waals surface area (Å²) in [6, 6.07) is 119. The highest BCUT2D eigenvalue weighted by Crippen LogP contribution is 2.47. The first kappa shape index (κ1) is 62.1. The second-order valence-corrected chi connectivity index (χ2v) is 30.0. The van der Waals surface area contributed by atoms with Crippen LogP contribution in [-0.2, 0) is 0 Å². The van der Waals surface area contributed by atoms with E-state index in [4.69, 9.17) is 19.9 Å². The van der Waals surface area contributed by atoms with Crippen LogP contribution in [0.15, 0.2) is 328 Å². The van der Waals surface area contributed by atoms with E-state index < -0.39 is 0 Å². The zero-order valence-electron chi connectivity index (χ0n) is 55.5. The Hall–Kier alpha value is -12.9. The minimum Gasteiger partial charge on any atom is -0.228 e. The summed E-state index contributed by atoms with van der Waals surface area (Å²) in [6.07, 6.45) is 0. The normalized spacial score (nSPS) is 11.4. The fourth-order valence-electron chi connectivity index (χ4n) is 14.5. The van der Waals surface area contributed by atoms with E-state index in [1.54, 1.807) is 0 Å². The number of hydrogen-bond donors (Lipinski definition) is 0. The highest BCUT2D eigenvalue weighted by Gasteiger charge is 2.22. The highest BCUT2D eigenvalue weighted by atomic mass is 32.1. The molecule has 0 unspecified atom stereocenters. The summed E-state index contributed by atoms with van der Waals surface area (Å²) in [5.41, 5.74) is 18.6. The van der Waals surface area contributed by atoms with Crippen molar-refractivity contribution >= 4 is 126 Å². The van der Waals surface area contributed by atoms with Crippen LogP contribution in [0.4, 0.5) is 0 Å². The van der Waals surface area contributed by atoms with E-state index in [1.165, 1.54) is 91.8 Å². The second kappa shape index (κ2) is 26.2. The Morgan fingerprint density at radius 3 is 0.952 bits per heavy atom. The van der Waals surface area contributed by atoms with Crippen LogP contribution in [-0.4, -0.2) is 19.9 Å². The molecular formula is C94H54N6S4. The van der Waals surface area contributed by atoms with Crippen molar-refractivity contribution in [3.8, 4) is 124 Å². The molecule has 0 atom stereocenters. The van der Waals surface area contributed by atoms with Gasteiger partial charge >= 0.3 is 0 Å². The van der Waals surface area contributed by atoms with Crippen molar-refractivity contribution in [3.63, 3.8) is 0 Å².